The standard InChI is InChI=1S/C18H25N3O3/c22-18-2-1-5-21(18)11-10-19-6-8-20(9-7-19)13-15-3-4-16-17(12-15)24-14-23-16/h3-4,12H,1-2,5-11,13-14H2. The average molecular weight is 331 g/mol. The Hall–Kier alpha value is -1.79. The van der Waals surface area contributed by atoms with Crippen molar-refractivity contribution in [3.05, 3.63) is 23.8 Å². The summed E-state index contributed by atoms with van der Waals surface area (Å²) < 4.78 is 10.8. The van der Waals surface area contributed by atoms with Gasteiger partial charge in [0.1, 0.15) is 0 Å². The Labute approximate surface area is 142 Å². The molecule has 1 amide bonds. The smallest absolute Gasteiger partial charge is 0.231 e. The minimum atomic E-state index is 0.330. The first kappa shape index (κ1) is 15.7. The monoisotopic (exact) mass is 331 g/mol. The molecule has 6 nitrogen and oxygen atoms in total. The summed E-state index contributed by atoms with van der Waals surface area (Å²) in [5.41, 5.74) is 1.27. The predicted octanol–water partition coefficient (Wildman–Crippen LogP) is 1.16. The molecular formula is C18H25N3O3. The molecule has 0 unspecified atom stereocenters. The highest BCUT2D eigenvalue weighted by molar-refractivity contribution is 5.78. The Bertz CT molecular complexity index is 599. The number of carbonyl (C=O) groups is 1. The van der Waals surface area contributed by atoms with Crippen LogP contribution in [-0.4, -0.2) is 73.2 Å². The van der Waals surface area contributed by atoms with Crippen molar-refractivity contribution < 1.29 is 14.3 Å². The van der Waals surface area contributed by atoms with Crippen molar-refractivity contribution in [1.82, 2.24) is 14.7 Å². The molecule has 0 aliphatic carbocycles. The van der Waals surface area contributed by atoms with Crippen LogP contribution in [-0.2, 0) is 11.3 Å². The molecule has 130 valence electrons. The Kier molecular flexibility index (Phi) is 4.58. The van der Waals surface area contributed by atoms with Gasteiger partial charge in [0.05, 0.1) is 0 Å². The lowest BCUT2D eigenvalue weighted by Crippen LogP contribution is -2.48. The van der Waals surface area contributed by atoms with Crippen LogP contribution in [0.1, 0.15) is 18.4 Å². The van der Waals surface area contributed by atoms with E-state index in [2.05, 4.69) is 21.9 Å². The number of ether oxygens (including phenoxy) is 2. The van der Waals surface area contributed by atoms with E-state index in [1.807, 2.05) is 11.0 Å². The number of amides is 1. The molecule has 3 aliphatic rings. The van der Waals surface area contributed by atoms with Crippen LogP contribution in [0.4, 0.5) is 0 Å². The summed E-state index contributed by atoms with van der Waals surface area (Å²) in [6.07, 6.45) is 1.77. The number of hydrogen-bond acceptors (Lipinski definition) is 5. The molecule has 0 saturated carbocycles. The molecule has 2 fully saturated rings. The number of piperazine rings is 1. The normalized spacial score (nSPS) is 21.7. The van der Waals surface area contributed by atoms with Gasteiger partial charge in [-0.1, -0.05) is 6.07 Å². The van der Waals surface area contributed by atoms with Crippen molar-refractivity contribution in [3.8, 4) is 11.5 Å². The highest BCUT2D eigenvalue weighted by Crippen LogP contribution is 2.32. The number of likely N-dealkylation sites (tertiary alicyclic amines) is 1. The number of benzene rings is 1. The van der Waals surface area contributed by atoms with E-state index in [1.165, 1.54) is 5.56 Å². The molecule has 0 bridgehead atoms. The molecule has 1 aromatic rings. The Morgan fingerprint density at radius 2 is 1.71 bits per heavy atom. The molecule has 0 spiro atoms. The molecule has 24 heavy (non-hydrogen) atoms. The number of nitrogens with zero attached hydrogens (tertiary/aromatic N) is 3. The van der Waals surface area contributed by atoms with Gasteiger partial charge in [0, 0.05) is 58.8 Å². The molecule has 0 aromatic heterocycles. The van der Waals surface area contributed by atoms with Crippen LogP contribution in [0.3, 0.4) is 0 Å². The summed E-state index contributed by atoms with van der Waals surface area (Å²) in [4.78, 5) is 18.6. The van der Waals surface area contributed by atoms with Crippen molar-refractivity contribution in [1.29, 1.82) is 0 Å². The van der Waals surface area contributed by atoms with Crippen LogP contribution in [0.2, 0.25) is 0 Å². The number of hydrogen-bond donors (Lipinski definition) is 0. The first-order chi connectivity index (χ1) is 11.8. The van der Waals surface area contributed by atoms with E-state index in [4.69, 9.17) is 9.47 Å². The topological polar surface area (TPSA) is 45.3 Å². The summed E-state index contributed by atoms with van der Waals surface area (Å²) in [5.74, 6) is 2.04. The summed E-state index contributed by atoms with van der Waals surface area (Å²) in [5, 5.41) is 0. The van der Waals surface area contributed by atoms with E-state index < -0.39 is 0 Å². The van der Waals surface area contributed by atoms with E-state index >= 15 is 0 Å². The summed E-state index contributed by atoms with van der Waals surface area (Å²) in [6.45, 7) is 8.42. The lowest BCUT2D eigenvalue weighted by Gasteiger charge is -2.35. The lowest BCUT2D eigenvalue weighted by molar-refractivity contribution is -0.127. The van der Waals surface area contributed by atoms with Crippen molar-refractivity contribution in [2.24, 2.45) is 0 Å². The third-order valence-corrected chi connectivity index (χ3v) is 5.17. The average Bonchev–Trinajstić information content (AvgIpc) is 3.22. The zero-order valence-electron chi connectivity index (χ0n) is 14.1. The van der Waals surface area contributed by atoms with E-state index in [0.29, 0.717) is 12.7 Å². The Balaban J connectivity index is 1.22. The summed E-state index contributed by atoms with van der Waals surface area (Å²) in [6, 6.07) is 6.22. The molecule has 2 saturated heterocycles. The summed E-state index contributed by atoms with van der Waals surface area (Å²) >= 11 is 0. The van der Waals surface area contributed by atoms with Crippen LogP contribution in [0.15, 0.2) is 18.2 Å². The van der Waals surface area contributed by atoms with Gasteiger partial charge in [-0.2, -0.15) is 0 Å². The second-order valence-corrected chi connectivity index (χ2v) is 6.79. The highest BCUT2D eigenvalue weighted by atomic mass is 16.7. The second-order valence-electron chi connectivity index (χ2n) is 6.79. The maximum atomic E-state index is 11.7. The molecular weight excluding hydrogens is 306 g/mol. The van der Waals surface area contributed by atoms with Crippen LogP contribution < -0.4 is 9.47 Å². The van der Waals surface area contributed by atoms with E-state index in [-0.39, 0.29) is 0 Å². The number of carbonyl (C=O) groups excluding carboxylic acids is 1. The molecule has 4 rings (SSSR count). The van der Waals surface area contributed by atoms with E-state index in [0.717, 1.165) is 76.7 Å². The maximum Gasteiger partial charge on any atom is 0.231 e. The molecule has 0 radical (unpaired) electrons. The second kappa shape index (κ2) is 6.99. The molecule has 1 aromatic carbocycles. The molecule has 0 N–H and O–H groups in total. The first-order valence-electron chi connectivity index (χ1n) is 8.89. The number of rotatable bonds is 5. The predicted molar refractivity (Wildman–Crippen MR) is 90.1 cm³/mol. The van der Waals surface area contributed by atoms with E-state index in [9.17, 15) is 4.79 Å². The van der Waals surface area contributed by atoms with Crippen LogP contribution in [0.5, 0.6) is 11.5 Å². The van der Waals surface area contributed by atoms with Gasteiger partial charge in [-0.25, -0.2) is 0 Å². The van der Waals surface area contributed by atoms with Gasteiger partial charge in [-0.15, -0.1) is 0 Å². The van der Waals surface area contributed by atoms with Crippen LogP contribution >= 0.6 is 0 Å². The largest absolute Gasteiger partial charge is 0.454 e. The third-order valence-electron chi connectivity index (χ3n) is 5.17. The SMILES string of the molecule is O=C1CCCN1CCN1CCN(Cc2ccc3c(c2)OCO3)CC1. The van der Waals surface area contributed by atoms with Crippen LogP contribution in [0, 0.1) is 0 Å². The highest BCUT2D eigenvalue weighted by Gasteiger charge is 2.22. The molecule has 3 heterocycles. The molecule has 6 heteroatoms. The number of fused-ring (bicyclic) bond motifs is 1. The Morgan fingerprint density at radius 3 is 2.50 bits per heavy atom. The quantitative estimate of drug-likeness (QED) is 0.810. The van der Waals surface area contributed by atoms with Gasteiger partial charge in [0.15, 0.2) is 11.5 Å². The first-order valence-corrected chi connectivity index (χ1v) is 8.89. The minimum Gasteiger partial charge on any atom is -0.454 e. The Morgan fingerprint density at radius 1 is 0.917 bits per heavy atom. The van der Waals surface area contributed by atoms with Crippen molar-refractivity contribution >= 4 is 5.91 Å². The van der Waals surface area contributed by atoms with Crippen molar-refractivity contribution in [3.63, 3.8) is 0 Å². The fourth-order valence-electron chi connectivity index (χ4n) is 3.67. The van der Waals surface area contributed by atoms with Gasteiger partial charge in [0.25, 0.3) is 0 Å². The molecule has 0 atom stereocenters. The fraction of sp³-hybridized carbons (Fsp3) is 0.611. The maximum absolute atomic E-state index is 11.7. The van der Waals surface area contributed by atoms with Gasteiger partial charge < -0.3 is 14.4 Å². The van der Waals surface area contributed by atoms with Crippen molar-refractivity contribution in [2.75, 3.05) is 52.6 Å². The summed E-state index contributed by atoms with van der Waals surface area (Å²) in [7, 11) is 0. The van der Waals surface area contributed by atoms with E-state index in [1.54, 1.807) is 0 Å². The fourth-order valence-corrected chi connectivity index (χ4v) is 3.67. The van der Waals surface area contributed by atoms with Gasteiger partial charge >= 0.3 is 0 Å². The van der Waals surface area contributed by atoms with Gasteiger partial charge in [-0.05, 0) is 24.1 Å². The zero-order chi connectivity index (χ0) is 16.4. The molecule has 3 aliphatic heterocycles. The van der Waals surface area contributed by atoms with Crippen LogP contribution in [0.25, 0.3) is 0 Å². The minimum absolute atomic E-state index is 0.330. The van der Waals surface area contributed by atoms with Gasteiger partial charge in [0.2, 0.25) is 12.7 Å². The zero-order valence-corrected chi connectivity index (χ0v) is 14.1. The van der Waals surface area contributed by atoms with Gasteiger partial charge in [-0.3, -0.25) is 14.6 Å². The van der Waals surface area contributed by atoms with Crippen molar-refractivity contribution in [2.45, 2.75) is 19.4 Å². The third kappa shape index (κ3) is 3.49. The lowest BCUT2D eigenvalue weighted by atomic mass is 10.1.